The third-order valence-electron chi connectivity index (χ3n) is 3.87. The molecule has 25 heavy (non-hydrogen) atoms. The number of carbonyl (C=O) groups is 2. The molecule has 0 bridgehead atoms. The molecule has 0 unspecified atom stereocenters. The average molecular weight is 345 g/mol. The average Bonchev–Trinajstić information content (AvgIpc) is 2.54. The Morgan fingerprint density at radius 1 is 1.20 bits per heavy atom. The number of hydrogen-bond acceptors (Lipinski definition) is 3. The van der Waals surface area contributed by atoms with Gasteiger partial charge in [0.25, 0.3) is 0 Å². The van der Waals surface area contributed by atoms with Gasteiger partial charge in [0.05, 0.1) is 24.6 Å². The number of carboxylic acids is 1. The summed E-state index contributed by atoms with van der Waals surface area (Å²) in [7, 11) is 1.57. The second-order valence-electron chi connectivity index (χ2n) is 6.20. The van der Waals surface area contributed by atoms with Crippen molar-refractivity contribution in [1.29, 1.82) is 0 Å². The number of aromatic carboxylic acids is 1. The molecule has 0 aliphatic carbocycles. The zero-order valence-electron chi connectivity index (χ0n) is 14.3. The van der Waals surface area contributed by atoms with Crippen LogP contribution in [0.1, 0.15) is 35.3 Å². The highest BCUT2D eigenvalue weighted by Gasteiger charge is 2.23. The maximum absolute atomic E-state index is 13.7. The minimum Gasteiger partial charge on any atom is -0.497 e. The standard InChI is InChI=1S/C19H20FNO4/c1-19(2,13-5-4-6-14(11-13)25-3)21-17(22)10-12-7-8-15(18(23)24)16(20)9-12/h4-9,11H,10H2,1-3H3,(H,21,22)(H,23,24). The summed E-state index contributed by atoms with van der Waals surface area (Å²) in [5.41, 5.74) is 0.209. The molecule has 0 spiro atoms. The Bertz CT molecular complexity index is 802. The first-order valence-electron chi connectivity index (χ1n) is 7.70. The van der Waals surface area contributed by atoms with Gasteiger partial charge >= 0.3 is 5.97 Å². The van der Waals surface area contributed by atoms with Crippen molar-refractivity contribution in [3.63, 3.8) is 0 Å². The fourth-order valence-corrected chi connectivity index (χ4v) is 2.50. The third kappa shape index (κ3) is 4.56. The Balaban J connectivity index is 2.10. The zero-order chi connectivity index (χ0) is 18.6. The number of nitrogens with one attached hydrogen (secondary N) is 1. The van der Waals surface area contributed by atoms with Gasteiger partial charge in [-0.1, -0.05) is 18.2 Å². The molecule has 0 saturated heterocycles. The predicted octanol–water partition coefficient (Wildman–Crippen LogP) is 3.13. The van der Waals surface area contributed by atoms with E-state index in [1.165, 1.54) is 6.07 Å². The summed E-state index contributed by atoms with van der Waals surface area (Å²) in [5.74, 6) is -1.81. The minimum atomic E-state index is -1.34. The molecule has 0 aliphatic rings. The summed E-state index contributed by atoms with van der Waals surface area (Å²) in [5, 5.41) is 11.7. The lowest BCUT2D eigenvalue weighted by Crippen LogP contribution is -2.41. The number of methoxy groups -OCH3 is 1. The highest BCUT2D eigenvalue weighted by Crippen LogP contribution is 2.24. The molecule has 132 valence electrons. The Morgan fingerprint density at radius 2 is 1.92 bits per heavy atom. The molecule has 5 nitrogen and oxygen atoms in total. The number of hydrogen-bond donors (Lipinski definition) is 2. The van der Waals surface area contributed by atoms with Crippen molar-refractivity contribution >= 4 is 11.9 Å². The normalized spacial score (nSPS) is 11.0. The number of carbonyl (C=O) groups excluding carboxylic acids is 1. The molecule has 2 aromatic rings. The van der Waals surface area contributed by atoms with Gasteiger partial charge in [0.1, 0.15) is 11.6 Å². The SMILES string of the molecule is COc1cccc(C(C)(C)NC(=O)Cc2ccc(C(=O)O)c(F)c2)c1. The van der Waals surface area contributed by atoms with E-state index in [9.17, 15) is 14.0 Å². The lowest BCUT2D eigenvalue weighted by Gasteiger charge is -2.27. The van der Waals surface area contributed by atoms with Crippen LogP contribution in [0.2, 0.25) is 0 Å². The van der Waals surface area contributed by atoms with Crippen molar-refractivity contribution in [3.05, 3.63) is 65.0 Å². The molecule has 0 heterocycles. The smallest absolute Gasteiger partial charge is 0.338 e. The zero-order valence-corrected chi connectivity index (χ0v) is 14.3. The molecular weight excluding hydrogens is 325 g/mol. The fraction of sp³-hybridized carbons (Fsp3) is 0.263. The van der Waals surface area contributed by atoms with Crippen molar-refractivity contribution in [2.75, 3.05) is 7.11 Å². The Labute approximate surface area is 145 Å². The van der Waals surface area contributed by atoms with Gasteiger partial charge in [-0.2, -0.15) is 0 Å². The van der Waals surface area contributed by atoms with Crippen LogP contribution in [-0.2, 0) is 16.8 Å². The van der Waals surface area contributed by atoms with E-state index in [-0.39, 0.29) is 12.3 Å². The topological polar surface area (TPSA) is 75.6 Å². The van der Waals surface area contributed by atoms with Crippen LogP contribution in [0, 0.1) is 5.82 Å². The van der Waals surface area contributed by atoms with Gasteiger partial charge in [-0.05, 0) is 49.2 Å². The van der Waals surface area contributed by atoms with Gasteiger partial charge in [0.15, 0.2) is 0 Å². The first kappa shape index (κ1) is 18.4. The van der Waals surface area contributed by atoms with Crippen LogP contribution < -0.4 is 10.1 Å². The second kappa shape index (κ2) is 7.34. The minimum absolute atomic E-state index is 0.0514. The van der Waals surface area contributed by atoms with Crippen LogP contribution in [0.4, 0.5) is 4.39 Å². The van der Waals surface area contributed by atoms with E-state index in [1.54, 1.807) is 7.11 Å². The highest BCUT2D eigenvalue weighted by molar-refractivity contribution is 5.88. The van der Waals surface area contributed by atoms with E-state index in [0.717, 1.165) is 17.7 Å². The Hall–Kier alpha value is -2.89. The van der Waals surface area contributed by atoms with Gasteiger partial charge in [-0.3, -0.25) is 4.79 Å². The van der Waals surface area contributed by atoms with Crippen LogP contribution in [0.3, 0.4) is 0 Å². The number of ether oxygens (including phenoxy) is 1. The summed E-state index contributed by atoms with van der Waals surface area (Å²) in [4.78, 5) is 23.1. The molecule has 0 saturated carbocycles. The molecule has 0 aliphatic heterocycles. The number of benzene rings is 2. The van der Waals surface area contributed by atoms with E-state index in [1.807, 2.05) is 38.1 Å². The number of halogens is 1. The van der Waals surface area contributed by atoms with Crippen LogP contribution in [0.5, 0.6) is 5.75 Å². The summed E-state index contributed by atoms with van der Waals surface area (Å²) >= 11 is 0. The maximum Gasteiger partial charge on any atom is 0.338 e. The largest absolute Gasteiger partial charge is 0.497 e. The molecule has 2 N–H and O–H groups in total. The summed E-state index contributed by atoms with van der Waals surface area (Å²) in [6.45, 7) is 3.71. The van der Waals surface area contributed by atoms with E-state index in [0.29, 0.717) is 11.3 Å². The third-order valence-corrected chi connectivity index (χ3v) is 3.87. The molecule has 2 rings (SSSR count). The first-order chi connectivity index (χ1) is 11.7. The number of amides is 1. The number of rotatable bonds is 6. The molecule has 0 fully saturated rings. The van der Waals surface area contributed by atoms with Crippen molar-refractivity contribution < 1.29 is 23.8 Å². The molecule has 2 aromatic carbocycles. The maximum atomic E-state index is 13.7. The highest BCUT2D eigenvalue weighted by atomic mass is 19.1. The van der Waals surface area contributed by atoms with Crippen LogP contribution >= 0.6 is 0 Å². The van der Waals surface area contributed by atoms with Crippen molar-refractivity contribution in [3.8, 4) is 5.75 Å². The summed E-state index contributed by atoms with van der Waals surface area (Å²) < 4.78 is 18.9. The lowest BCUT2D eigenvalue weighted by atomic mass is 9.93. The first-order valence-corrected chi connectivity index (χ1v) is 7.70. The summed E-state index contributed by atoms with van der Waals surface area (Å²) in [6.07, 6.45) is -0.0514. The monoisotopic (exact) mass is 345 g/mol. The molecule has 0 radical (unpaired) electrons. The van der Waals surface area contributed by atoms with Gasteiger partial charge in [0.2, 0.25) is 5.91 Å². The quantitative estimate of drug-likeness (QED) is 0.843. The van der Waals surface area contributed by atoms with E-state index in [2.05, 4.69) is 5.32 Å². The van der Waals surface area contributed by atoms with E-state index in [4.69, 9.17) is 9.84 Å². The van der Waals surface area contributed by atoms with Crippen LogP contribution in [0.15, 0.2) is 42.5 Å². The van der Waals surface area contributed by atoms with Gasteiger partial charge in [-0.15, -0.1) is 0 Å². The van der Waals surface area contributed by atoms with Crippen LogP contribution in [-0.4, -0.2) is 24.1 Å². The molecule has 6 heteroatoms. The predicted molar refractivity (Wildman–Crippen MR) is 91.2 cm³/mol. The lowest BCUT2D eigenvalue weighted by molar-refractivity contribution is -0.122. The Kier molecular flexibility index (Phi) is 5.41. The van der Waals surface area contributed by atoms with E-state index >= 15 is 0 Å². The number of carboxylic acid groups (broad SMARTS) is 1. The molecule has 0 atom stereocenters. The van der Waals surface area contributed by atoms with Gasteiger partial charge in [-0.25, -0.2) is 9.18 Å². The molecule has 0 aromatic heterocycles. The van der Waals surface area contributed by atoms with Crippen LogP contribution in [0.25, 0.3) is 0 Å². The van der Waals surface area contributed by atoms with Crippen molar-refractivity contribution in [2.24, 2.45) is 0 Å². The summed E-state index contributed by atoms with van der Waals surface area (Å²) in [6, 6.07) is 11.0. The van der Waals surface area contributed by atoms with E-state index < -0.39 is 22.9 Å². The van der Waals surface area contributed by atoms with Crippen molar-refractivity contribution in [2.45, 2.75) is 25.8 Å². The molecular formula is C19H20FNO4. The molecule has 1 amide bonds. The Morgan fingerprint density at radius 3 is 2.52 bits per heavy atom. The van der Waals surface area contributed by atoms with Gasteiger partial charge in [0, 0.05) is 0 Å². The fourth-order valence-electron chi connectivity index (χ4n) is 2.50. The van der Waals surface area contributed by atoms with Gasteiger partial charge < -0.3 is 15.2 Å². The van der Waals surface area contributed by atoms with Crippen molar-refractivity contribution in [1.82, 2.24) is 5.32 Å². The second-order valence-corrected chi connectivity index (χ2v) is 6.20.